The maximum atomic E-state index is 12.4. The minimum Gasteiger partial charge on any atom is -0.480 e. The molecule has 0 aliphatic rings. The second-order valence-electron chi connectivity index (χ2n) is 4.55. The maximum absolute atomic E-state index is 12.4. The molecule has 1 aromatic rings. The first-order valence-corrected chi connectivity index (χ1v) is 6.95. The van der Waals surface area contributed by atoms with E-state index in [0.717, 1.165) is 10.0 Å². The van der Waals surface area contributed by atoms with Gasteiger partial charge in [0, 0.05) is 16.1 Å². The molecule has 104 valence electrons. The normalized spacial score (nSPS) is 12.0. The van der Waals surface area contributed by atoms with Gasteiger partial charge in [-0.25, -0.2) is 0 Å². The van der Waals surface area contributed by atoms with Crippen LogP contribution in [-0.2, 0) is 4.79 Å². The molecule has 0 radical (unpaired) electrons. The third-order valence-corrected chi connectivity index (χ3v) is 3.98. The molecule has 0 heterocycles. The number of hydrogen-bond acceptors (Lipinski definition) is 2. The van der Waals surface area contributed by atoms with E-state index in [4.69, 9.17) is 5.11 Å². The number of amides is 1. The van der Waals surface area contributed by atoms with Crippen molar-refractivity contribution in [2.24, 2.45) is 0 Å². The fraction of sp³-hybridized carbons (Fsp3) is 0.429. The van der Waals surface area contributed by atoms with Crippen molar-refractivity contribution in [3.8, 4) is 0 Å². The van der Waals surface area contributed by atoms with Crippen molar-refractivity contribution in [3.05, 3.63) is 33.8 Å². The highest BCUT2D eigenvalue weighted by Crippen LogP contribution is 2.19. The molecule has 0 aromatic heterocycles. The van der Waals surface area contributed by atoms with Crippen LogP contribution in [0.4, 0.5) is 0 Å². The van der Waals surface area contributed by atoms with Gasteiger partial charge in [0.05, 0.1) is 0 Å². The van der Waals surface area contributed by atoms with E-state index in [2.05, 4.69) is 15.9 Å². The smallest absolute Gasteiger partial charge is 0.323 e. The summed E-state index contributed by atoms with van der Waals surface area (Å²) in [5.41, 5.74) is 1.47. The van der Waals surface area contributed by atoms with E-state index < -0.39 is 5.97 Å². The van der Waals surface area contributed by atoms with Crippen LogP contribution in [0.2, 0.25) is 0 Å². The van der Waals surface area contributed by atoms with Crippen LogP contribution in [0.25, 0.3) is 0 Å². The lowest BCUT2D eigenvalue weighted by Gasteiger charge is -2.27. The lowest BCUT2D eigenvalue weighted by molar-refractivity contribution is -0.138. The first-order valence-electron chi connectivity index (χ1n) is 6.15. The number of aryl methyl sites for hydroxylation is 1. The molecule has 0 spiro atoms. The Kier molecular flexibility index (Phi) is 5.54. The lowest BCUT2D eigenvalue weighted by atomic mass is 10.1. The number of rotatable bonds is 5. The number of nitrogens with zero attached hydrogens (tertiary/aromatic N) is 1. The summed E-state index contributed by atoms with van der Waals surface area (Å²) in [4.78, 5) is 24.7. The molecular weight excluding hydrogens is 310 g/mol. The van der Waals surface area contributed by atoms with Crippen molar-refractivity contribution < 1.29 is 14.7 Å². The lowest BCUT2D eigenvalue weighted by Crippen LogP contribution is -2.41. The summed E-state index contributed by atoms with van der Waals surface area (Å²) in [6.45, 7) is 5.40. The van der Waals surface area contributed by atoms with Crippen molar-refractivity contribution in [1.82, 2.24) is 4.90 Å². The molecule has 4 nitrogen and oxygen atoms in total. The molecule has 19 heavy (non-hydrogen) atoms. The third kappa shape index (κ3) is 4.06. The summed E-state index contributed by atoms with van der Waals surface area (Å²) in [5.74, 6) is -1.24. The van der Waals surface area contributed by atoms with E-state index in [1.807, 2.05) is 20.8 Å². The summed E-state index contributed by atoms with van der Waals surface area (Å²) in [7, 11) is 0. The van der Waals surface area contributed by atoms with E-state index in [0.29, 0.717) is 12.0 Å². The Hall–Kier alpha value is -1.36. The zero-order valence-electron chi connectivity index (χ0n) is 11.3. The van der Waals surface area contributed by atoms with Crippen LogP contribution in [0, 0.1) is 6.92 Å². The standard InChI is InChI=1S/C14H18BrNO3/c1-4-10(3)16(8-13(17)18)14(19)11-5-6-12(15)9(2)7-11/h5-7,10H,4,8H2,1-3H3,(H,17,18). The van der Waals surface area contributed by atoms with Gasteiger partial charge in [0.2, 0.25) is 0 Å². The minimum atomic E-state index is -0.998. The number of carbonyl (C=O) groups excluding carboxylic acids is 1. The summed E-state index contributed by atoms with van der Waals surface area (Å²) >= 11 is 3.38. The zero-order valence-corrected chi connectivity index (χ0v) is 12.9. The molecule has 0 saturated heterocycles. The van der Waals surface area contributed by atoms with E-state index in [1.165, 1.54) is 4.90 Å². The second kappa shape index (κ2) is 6.70. The van der Waals surface area contributed by atoms with Gasteiger partial charge < -0.3 is 10.0 Å². The topological polar surface area (TPSA) is 57.6 Å². The first-order chi connectivity index (χ1) is 8.86. The highest BCUT2D eigenvalue weighted by Gasteiger charge is 2.23. The highest BCUT2D eigenvalue weighted by atomic mass is 79.9. The number of carboxylic acid groups (broad SMARTS) is 1. The molecule has 1 atom stereocenters. The second-order valence-corrected chi connectivity index (χ2v) is 5.40. The van der Waals surface area contributed by atoms with Crippen LogP contribution in [0.1, 0.15) is 36.2 Å². The maximum Gasteiger partial charge on any atom is 0.323 e. The van der Waals surface area contributed by atoms with Crippen LogP contribution in [0.3, 0.4) is 0 Å². The van der Waals surface area contributed by atoms with Crippen LogP contribution in [0.15, 0.2) is 22.7 Å². The number of benzene rings is 1. The fourth-order valence-corrected chi connectivity index (χ4v) is 1.98. The van der Waals surface area contributed by atoms with Gasteiger partial charge >= 0.3 is 5.97 Å². The van der Waals surface area contributed by atoms with E-state index >= 15 is 0 Å². The highest BCUT2D eigenvalue weighted by molar-refractivity contribution is 9.10. The first kappa shape index (κ1) is 15.7. The van der Waals surface area contributed by atoms with Crippen molar-refractivity contribution in [1.29, 1.82) is 0 Å². The molecule has 1 N–H and O–H groups in total. The van der Waals surface area contributed by atoms with E-state index in [-0.39, 0.29) is 18.5 Å². The average Bonchev–Trinajstić information content (AvgIpc) is 2.37. The Bertz CT molecular complexity index is 488. The van der Waals surface area contributed by atoms with Crippen molar-refractivity contribution in [2.75, 3.05) is 6.54 Å². The Morgan fingerprint density at radius 1 is 1.42 bits per heavy atom. The number of carboxylic acids is 1. The summed E-state index contributed by atoms with van der Waals surface area (Å²) < 4.78 is 0.928. The molecule has 1 aromatic carbocycles. The Morgan fingerprint density at radius 2 is 2.05 bits per heavy atom. The summed E-state index contributed by atoms with van der Waals surface area (Å²) in [5, 5.41) is 8.92. The molecule has 1 amide bonds. The predicted octanol–water partition coefficient (Wildman–Crippen LogP) is 3.08. The quantitative estimate of drug-likeness (QED) is 0.904. The van der Waals surface area contributed by atoms with Crippen LogP contribution < -0.4 is 0 Å². The SMILES string of the molecule is CCC(C)N(CC(=O)O)C(=O)c1ccc(Br)c(C)c1. The molecular formula is C14H18BrNO3. The van der Waals surface area contributed by atoms with E-state index in [9.17, 15) is 9.59 Å². The van der Waals surface area contributed by atoms with Gasteiger partial charge in [0.15, 0.2) is 0 Å². The number of carbonyl (C=O) groups is 2. The molecule has 0 bridgehead atoms. The molecule has 0 saturated carbocycles. The van der Waals surface area contributed by atoms with Gasteiger partial charge in [-0.3, -0.25) is 9.59 Å². The number of halogens is 1. The molecule has 0 fully saturated rings. The summed E-state index contributed by atoms with van der Waals surface area (Å²) in [6.07, 6.45) is 0.717. The van der Waals surface area contributed by atoms with Crippen molar-refractivity contribution >= 4 is 27.8 Å². The molecule has 1 rings (SSSR count). The van der Waals surface area contributed by atoms with Gasteiger partial charge in [-0.05, 0) is 44.0 Å². The molecule has 0 aliphatic heterocycles. The minimum absolute atomic E-state index is 0.104. The van der Waals surface area contributed by atoms with Gasteiger partial charge in [0.1, 0.15) is 6.54 Å². The summed E-state index contributed by atoms with van der Waals surface area (Å²) in [6, 6.07) is 5.17. The Labute approximate surface area is 121 Å². The number of aliphatic carboxylic acids is 1. The Balaban J connectivity index is 3.04. The van der Waals surface area contributed by atoms with Crippen LogP contribution in [0.5, 0.6) is 0 Å². The van der Waals surface area contributed by atoms with Crippen molar-refractivity contribution in [3.63, 3.8) is 0 Å². The van der Waals surface area contributed by atoms with Crippen LogP contribution >= 0.6 is 15.9 Å². The van der Waals surface area contributed by atoms with Gasteiger partial charge in [-0.2, -0.15) is 0 Å². The van der Waals surface area contributed by atoms with Gasteiger partial charge in [-0.15, -0.1) is 0 Å². The Morgan fingerprint density at radius 3 is 2.53 bits per heavy atom. The van der Waals surface area contributed by atoms with E-state index in [1.54, 1.807) is 18.2 Å². The van der Waals surface area contributed by atoms with Gasteiger partial charge in [-0.1, -0.05) is 22.9 Å². The molecule has 0 aliphatic carbocycles. The fourth-order valence-electron chi connectivity index (χ4n) is 1.74. The van der Waals surface area contributed by atoms with Crippen molar-refractivity contribution in [2.45, 2.75) is 33.2 Å². The number of hydrogen-bond donors (Lipinski definition) is 1. The largest absolute Gasteiger partial charge is 0.480 e. The monoisotopic (exact) mass is 327 g/mol. The van der Waals surface area contributed by atoms with Crippen LogP contribution in [-0.4, -0.2) is 34.5 Å². The van der Waals surface area contributed by atoms with Gasteiger partial charge in [0.25, 0.3) is 5.91 Å². The zero-order chi connectivity index (χ0) is 14.6. The average molecular weight is 328 g/mol. The third-order valence-electron chi connectivity index (χ3n) is 3.09. The predicted molar refractivity (Wildman–Crippen MR) is 77.3 cm³/mol. The molecule has 1 unspecified atom stereocenters. The molecule has 5 heteroatoms.